The van der Waals surface area contributed by atoms with E-state index in [4.69, 9.17) is 0 Å². The molecular formula is C17H22N2S. The molecule has 0 amide bonds. The molecule has 2 nitrogen and oxygen atoms in total. The summed E-state index contributed by atoms with van der Waals surface area (Å²) in [6.07, 6.45) is 7.06. The van der Waals surface area contributed by atoms with Crippen molar-refractivity contribution in [1.82, 2.24) is 10.3 Å². The summed E-state index contributed by atoms with van der Waals surface area (Å²) in [7, 11) is 0. The zero-order valence-electron chi connectivity index (χ0n) is 12.0. The van der Waals surface area contributed by atoms with Gasteiger partial charge in [0.1, 0.15) is 0 Å². The fourth-order valence-corrected chi connectivity index (χ4v) is 4.06. The Morgan fingerprint density at radius 3 is 2.65 bits per heavy atom. The number of hydrogen-bond donors (Lipinski definition) is 1. The Labute approximate surface area is 125 Å². The lowest BCUT2D eigenvalue weighted by atomic mass is 9.59. The van der Waals surface area contributed by atoms with Crippen LogP contribution >= 0.6 is 11.3 Å². The normalized spacial score (nSPS) is 18.4. The number of hydrogen-bond acceptors (Lipinski definition) is 3. The summed E-state index contributed by atoms with van der Waals surface area (Å²) in [4.78, 5) is 5.61. The van der Waals surface area contributed by atoms with Crippen LogP contribution in [0.2, 0.25) is 0 Å². The standard InChI is InChI=1S/C17H22N2S/c1-2-19-16(11-15-12-18-13-20-15)17(9-6-10-17)14-7-4-3-5-8-14/h3-5,7-8,12-13,16,19H,2,6,9-11H2,1H3. The molecule has 0 bridgehead atoms. The van der Waals surface area contributed by atoms with Gasteiger partial charge < -0.3 is 5.32 Å². The number of rotatable bonds is 6. The first-order valence-corrected chi connectivity index (χ1v) is 8.39. The van der Waals surface area contributed by atoms with Crippen LogP contribution in [-0.2, 0) is 11.8 Å². The summed E-state index contributed by atoms with van der Waals surface area (Å²) in [5.41, 5.74) is 3.76. The van der Waals surface area contributed by atoms with Crippen molar-refractivity contribution in [2.24, 2.45) is 0 Å². The number of nitrogens with one attached hydrogen (secondary N) is 1. The van der Waals surface area contributed by atoms with E-state index < -0.39 is 0 Å². The third kappa shape index (κ3) is 2.52. The van der Waals surface area contributed by atoms with Crippen LogP contribution in [0.3, 0.4) is 0 Å². The summed E-state index contributed by atoms with van der Waals surface area (Å²) >= 11 is 1.77. The number of nitrogens with zero attached hydrogens (tertiary/aromatic N) is 1. The van der Waals surface area contributed by atoms with E-state index in [1.54, 1.807) is 11.3 Å². The molecule has 0 saturated heterocycles. The fraction of sp³-hybridized carbons (Fsp3) is 0.471. The van der Waals surface area contributed by atoms with Crippen molar-refractivity contribution in [1.29, 1.82) is 0 Å². The lowest BCUT2D eigenvalue weighted by Gasteiger charge is -2.49. The van der Waals surface area contributed by atoms with Crippen LogP contribution in [0.25, 0.3) is 0 Å². The molecule has 0 radical (unpaired) electrons. The second kappa shape index (κ2) is 6.06. The van der Waals surface area contributed by atoms with E-state index in [2.05, 4.69) is 47.6 Å². The Bertz CT molecular complexity index is 517. The van der Waals surface area contributed by atoms with E-state index in [1.807, 2.05) is 11.7 Å². The highest BCUT2D eigenvalue weighted by Crippen LogP contribution is 2.47. The molecule has 1 N–H and O–H groups in total. The Hall–Kier alpha value is -1.19. The van der Waals surface area contributed by atoms with E-state index >= 15 is 0 Å². The predicted molar refractivity (Wildman–Crippen MR) is 85.3 cm³/mol. The highest BCUT2D eigenvalue weighted by molar-refractivity contribution is 7.09. The Balaban J connectivity index is 1.88. The van der Waals surface area contributed by atoms with Crippen molar-refractivity contribution in [3.63, 3.8) is 0 Å². The van der Waals surface area contributed by atoms with Crippen molar-refractivity contribution in [3.05, 3.63) is 52.5 Å². The molecule has 0 spiro atoms. The Kier molecular flexibility index (Phi) is 4.18. The summed E-state index contributed by atoms with van der Waals surface area (Å²) in [5, 5.41) is 3.74. The molecule has 106 valence electrons. The summed E-state index contributed by atoms with van der Waals surface area (Å²) in [6, 6.07) is 11.6. The maximum absolute atomic E-state index is 4.22. The van der Waals surface area contributed by atoms with Crippen molar-refractivity contribution in [2.45, 2.75) is 44.1 Å². The molecule has 1 unspecified atom stereocenters. The maximum atomic E-state index is 4.22. The molecule has 1 aliphatic rings. The van der Waals surface area contributed by atoms with Gasteiger partial charge in [0.25, 0.3) is 0 Å². The van der Waals surface area contributed by atoms with Crippen LogP contribution in [0.4, 0.5) is 0 Å². The fourth-order valence-electron chi connectivity index (χ4n) is 3.42. The predicted octanol–water partition coefficient (Wildman–Crippen LogP) is 3.79. The van der Waals surface area contributed by atoms with Gasteiger partial charge in [-0.2, -0.15) is 0 Å². The smallest absolute Gasteiger partial charge is 0.0794 e. The van der Waals surface area contributed by atoms with Crippen molar-refractivity contribution < 1.29 is 0 Å². The van der Waals surface area contributed by atoms with E-state index in [9.17, 15) is 0 Å². The third-order valence-corrected chi connectivity index (χ3v) is 5.40. The van der Waals surface area contributed by atoms with Crippen LogP contribution < -0.4 is 5.32 Å². The molecule has 1 fully saturated rings. The Morgan fingerprint density at radius 2 is 2.10 bits per heavy atom. The van der Waals surface area contributed by atoms with E-state index in [0.29, 0.717) is 11.5 Å². The van der Waals surface area contributed by atoms with Crippen LogP contribution in [0.15, 0.2) is 42.0 Å². The zero-order chi connectivity index (χ0) is 13.8. The van der Waals surface area contributed by atoms with E-state index in [-0.39, 0.29) is 0 Å². The topological polar surface area (TPSA) is 24.9 Å². The second-order valence-corrected chi connectivity index (χ2v) is 6.63. The number of thiazole rings is 1. The lowest BCUT2D eigenvalue weighted by molar-refractivity contribution is 0.169. The van der Waals surface area contributed by atoms with Gasteiger partial charge in [-0.25, -0.2) is 0 Å². The van der Waals surface area contributed by atoms with Crippen molar-refractivity contribution in [3.8, 4) is 0 Å². The Morgan fingerprint density at radius 1 is 1.30 bits per heavy atom. The number of likely N-dealkylation sites (N-methyl/N-ethyl adjacent to an activating group) is 1. The molecule has 1 aromatic carbocycles. The number of aromatic nitrogens is 1. The van der Waals surface area contributed by atoms with E-state index in [1.165, 1.54) is 29.7 Å². The van der Waals surface area contributed by atoms with Gasteiger partial charge in [-0.1, -0.05) is 43.7 Å². The summed E-state index contributed by atoms with van der Waals surface area (Å²) in [6.45, 7) is 3.23. The SMILES string of the molecule is CCNC(Cc1cncs1)C1(c2ccccc2)CCC1. The molecule has 3 rings (SSSR count). The average Bonchev–Trinajstić information content (AvgIpc) is 2.92. The molecule has 1 heterocycles. The minimum atomic E-state index is 0.321. The molecular weight excluding hydrogens is 264 g/mol. The van der Waals surface area contributed by atoms with Crippen LogP contribution in [0, 0.1) is 0 Å². The molecule has 1 atom stereocenters. The number of benzene rings is 1. The maximum Gasteiger partial charge on any atom is 0.0794 e. The highest BCUT2D eigenvalue weighted by atomic mass is 32.1. The van der Waals surface area contributed by atoms with Gasteiger partial charge in [0.15, 0.2) is 0 Å². The second-order valence-electron chi connectivity index (χ2n) is 5.66. The third-order valence-electron chi connectivity index (χ3n) is 4.60. The van der Waals surface area contributed by atoms with Gasteiger partial charge in [-0.3, -0.25) is 4.98 Å². The van der Waals surface area contributed by atoms with Crippen molar-refractivity contribution >= 4 is 11.3 Å². The molecule has 1 aliphatic carbocycles. The van der Waals surface area contributed by atoms with Gasteiger partial charge >= 0.3 is 0 Å². The van der Waals surface area contributed by atoms with E-state index in [0.717, 1.165) is 13.0 Å². The largest absolute Gasteiger partial charge is 0.313 e. The van der Waals surface area contributed by atoms with Crippen molar-refractivity contribution in [2.75, 3.05) is 6.54 Å². The van der Waals surface area contributed by atoms with Crippen LogP contribution in [0.1, 0.15) is 36.6 Å². The molecule has 1 aromatic heterocycles. The first-order chi connectivity index (χ1) is 9.85. The van der Waals surface area contributed by atoms with Gasteiger partial charge in [0.2, 0.25) is 0 Å². The average molecular weight is 286 g/mol. The van der Waals surface area contributed by atoms with Crippen LogP contribution in [-0.4, -0.2) is 17.6 Å². The first kappa shape index (κ1) is 13.8. The lowest BCUT2D eigenvalue weighted by Crippen LogP contribution is -2.53. The molecule has 3 heteroatoms. The van der Waals surface area contributed by atoms with Gasteiger partial charge in [0.05, 0.1) is 5.51 Å². The molecule has 0 aliphatic heterocycles. The summed E-state index contributed by atoms with van der Waals surface area (Å²) in [5.74, 6) is 0. The zero-order valence-corrected chi connectivity index (χ0v) is 12.8. The minimum absolute atomic E-state index is 0.321. The van der Waals surface area contributed by atoms with Gasteiger partial charge in [-0.15, -0.1) is 11.3 Å². The summed E-state index contributed by atoms with van der Waals surface area (Å²) < 4.78 is 0. The van der Waals surface area contributed by atoms with Crippen LogP contribution in [0.5, 0.6) is 0 Å². The molecule has 2 aromatic rings. The minimum Gasteiger partial charge on any atom is -0.313 e. The molecule has 20 heavy (non-hydrogen) atoms. The quantitative estimate of drug-likeness (QED) is 0.874. The highest BCUT2D eigenvalue weighted by Gasteiger charge is 2.44. The van der Waals surface area contributed by atoms with Gasteiger partial charge in [0, 0.05) is 22.5 Å². The van der Waals surface area contributed by atoms with Gasteiger partial charge in [-0.05, 0) is 31.4 Å². The first-order valence-electron chi connectivity index (χ1n) is 7.51. The monoisotopic (exact) mass is 286 g/mol. The molecule has 1 saturated carbocycles.